The summed E-state index contributed by atoms with van der Waals surface area (Å²) in [7, 11) is -2.57. The third-order valence-electron chi connectivity index (χ3n) is 9.27. The molecule has 0 spiro atoms. The predicted octanol–water partition coefficient (Wildman–Crippen LogP) is 4.49. The van der Waals surface area contributed by atoms with Gasteiger partial charge >= 0.3 is 16.2 Å². The van der Waals surface area contributed by atoms with E-state index in [0.717, 1.165) is 48.9 Å². The second-order valence-corrected chi connectivity index (χ2v) is 14.8. The number of piperidine rings is 1. The number of nitrogens with zero attached hydrogens (tertiary/aromatic N) is 5. The molecule has 244 valence electrons. The van der Waals surface area contributed by atoms with Gasteiger partial charge in [0.05, 0.1) is 11.7 Å². The zero-order valence-electron chi connectivity index (χ0n) is 26.4. The number of hydrogen-bond donors (Lipinski definition) is 1. The Labute approximate surface area is 280 Å². The average molecular weight is 710 g/mol. The molecule has 46 heavy (non-hydrogen) atoms. The minimum absolute atomic E-state index is 0.0418. The quantitative estimate of drug-likeness (QED) is 0.297. The summed E-state index contributed by atoms with van der Waals surface area (Å²) in [4.78, 5) is 24.8. The zero-order valence-corrected chi connectivity index (χ0v) is 28.8. The Morgan fingerprint density at radius 2 is 1.70 bits per heavy atom. The van der Waals surface area contributed by atoms with Crippen LogP contribution in [0.4, 0.5) is 0 Å². The van der Waals surface area contributed by atoms with Crippen LogP contribution in [0.5, 0.6) is 5.75 Å². The molecule has 1 aromatic heterocycles. The van der Waals surface area contributed by atoms with Gasteiger partial charge in [0.15, 0.2) is 0 Å². The fraction of sp³-hybridized carbons (Fsp3) is 0.441. The second kappa shape index (κ2) is 14.2. The maximum absolute atomic E-state index is 13.5. The minimum atomic E-state index is -3.89. The van der Waals surface area contributed by atoms with Gasteiger partial charge in [0.1, 0.15) is 5.75 Å². The van der Waals surface area contributed by atoms with E-state index < -0.39 is 10.2 Å². The van der Waals surface area contributed by atoms with Crippen molar-refractivity contribution in [1.82, 2.24) is 24.4 Å². The summed E-state index contributed by atoms with van der Waals surface area (Å²) in [5.41, 5.74) is 6.39. The highest BCUT2D eigenvalue weighted by molar-refractivity contribution is 9.10. The lowest BCUT2D eigenvalue weighted by atomic mass is 9.92. The smallest absolute Gasteiger partial charge is 0.324 e. The number of hydrogen-bond acceptors (Lipinski definition) is 6. The minimum Gasteiger partial charge on any atom is -0.425 e. The number of benzene rings is 2. The van der Waals surface area contributed by atoms with E-state index in [1.165, 1.54) is 29.3 Å². The van der Waals surface area contributed by atoms with Crippen LogP contribution >= 0.6 is 15.9 Å². The summed E-state index contributed by atoms with van der Waals surface area (Å²) in [6, 6.07) is 18.1. The Morgan fingerprint density at radius 3 is 2.41 bits per heavy atom. The number of carbonyl (C=O) groups excluding carboxylic acids is 1. The Bertz CT molecular complexity index is 1630. The van der Waals surface area contributed by atoms with Gasteiger partial charge in [0.2, 0.25) is 5.91 Å². The van der Waals surface area contributed by atoms with Gasteiger partial charge in [0, 0.05) is 63.4 Å². The number of halogens is 1. The van der Waals surface area contributed by atoms with Crippen LogP contribution in [0, 0.1) is 12.8 Å². The predicted molar refractivity (Wildman–Crippen MR) is 182 cm³/mol. The molecule has 2 aliphatic heterocycles. The molecule has 12 heteroatoms. The monoisotopic (exact) mass is 708 g/mol. The molecule has 3 heterocycles. The van der Waals surface area contributed by atoms with Crippen molar-refractivity contribution < 1.29 is 17.9 Å². The van der Waals surface area contributed by atoms with E-state index in [9.17, 15) is 13.2 Å². The number of piperazine rings is 1. The van der Waals surface area contributed by atoms with Crippen molar-refractivity contribution in [3.05, 3.63) is 93.2 Å². The largest absolute Gasteiger partial charge is 0.425 e. The summed E-state index contributed by atoms with van der Waals surface area (Å²) in [6.07, 6.45) is 5.84. The third-order valence-corrected chi connectivity index (χ3v) is 10.6. The lowest BCUT2D eigenvalue weighted by Crippen LogP contribution is -2.50. The zero-order chi connectivity index (χ0) is 32.3. The Morgan fingerprint density at radius 1 is 0.978 bits per heavy atom. The number of likely N-dealkylation sites (tertiary alicyclic amines) is 1. The fourth-order valence-corrected chi connectivity index (χ4v) is 7.59. The van der Waals surface area contributed by atoms with Crippen molar-refractivity contribution in [2.24, 2.45) is 10.3 Å². The highest BCUT2D eigenvalue weighted by Crippen LogP contribution is 2.37. The molecular weight excluding hydrogens is 668 g/mol. The number of rotatable bonds is 6. The molecule has 1 atom stereocenters. The van der Waals surface area contributed by atoms with E-state index in [0.29, 0.717) is 38.3 Å². The van der Waals surface area contributed by atoms with Crippen LogP contribution in [0.1, 0.15) is 53.3 Å². The Balaban J connectivity index is 1.07. The van der Waals surface area contributed by atoms with Gasteiger partial charge in [-0.3, -0.25) is 14.7 Å². The lowest BCUT2D eigenvalue weighted by Gasteiger charge is -2.40. The summed E-state index contributed by atoms with van der Waals surface area (Å²) in [5.74, 6) is 0.912. The molecule has 2 saturated heterocycles. The van der Waals surface area contributed by atoms with Crippen molar-refractivity contribution >= 4 is 38.1 Å². The number of para-hydroxylation sites is 1. The standard InChI is InChI=1S/C34H41BrN6O4S/c1-24-8-11-30-26(20-24)9-10-27-22-28(35)23-37-32(27)33(30)40-18-16-39(17-19-40)31(42)21-25-12-14-41(15-13-25)34(38-46(43,44)36-2)45-29-6-4-3-5-7-29/h3-8,11,20,22-23,25,33,36H,9-10,12-19,21H2,1-2H3/b38-34+. The van der Waals surface area contributed by atoms with Gasteiger partial charge in [-0.25, -0.2) is 0 Å². The Hall–Kier alpha value is -3.32. The molecule has 1 N–H and O–H groups in total. The highest BCUT2D eigenvalue weighted by Gasteiger charge is 2.34. The van der Waals surface area contributed by atoms with E-state index in [1.54, 1.807) is 12.1 Å². The number of fused-ring (bicyclic) bond motifs is 2. The first-order valence-electron chi connectivity index (χ1n) is 16.0. The molecule has 6 rings (SSSR count). The molecule has 3 aromatic rings. The lowest BCUT2D eigenvalue weighted by molar-refractivity contribution is -0.134. The fourth-order valence-electron chi connectivity index (χ4n) is 6.76. The van der Waals surface area contributed by atoms with Gasteiger partial charge in [-0.1, -0.05) is 46.4 Å². The van der Waals surface area contributed by atoms with Crippen molar-refractivity contribution in [2.45, 2.75) is 45.1 Å². The number of nitrogens with one attached hydrogen (secondary N) is 1. The van der Waals surface area contributed by atoms with Crippen LogP contribution in [0.2, 0.25) is 0 Å². The summed E-state index contributed by atoms with van der Waals surface area (Å²) in [5, 5.41) is 0. The van der Waals surface area contributed by atoms with Crippen LogP contribution in [0.15, 0.2) is 69.7 Å². The number of amides is 1. The highest BCUT2D eigenvalue weighted by atomic mass is 79.9. The first kappa shape index (κ1) is 32.6. The number of aromatic nitrogens is 1. The van der Waals surface area contributed by atoms with Crippen LogP contribution in [0.25, 0.3) is 0 Å². The molecule has 0 radical (unpaired) electrons. The van der Waals surface area contributed by atoms with Gasteiger partial charge < -0.3 is 14.5 Å². The van der Waals surface area contributed by atoms with Gasteiger partial charge in [0.25, 0.3) is 0 Å². The van der Waals surface area contributed by atoms with Crippen LogP contribution in [-0.4, -0.2) is 86.3 Å². The summed E-state index contributed by atoms with van der Waals surface area (Å²) in [6.45, 7) is 6.21. The molecule has 2 fully saturated rings. The van der Waals surface area contributed by atoms with Crippen molar-refractivity contribution in [1.29, 1.82) is 0 Å². The summed E-state index contributed by atoms with van der Waals surface area (Å²) >= 11 is 3.62. The molecule has 2 aromatic carbocycles. The van der Waals surface area contributed by atoms with Crippen LogP contribution in [-0.2, 0) is 27.8 Å². The van der Waals surface area contributed by atoms with Crippen LogP contribution < -0.4 is 9.46 Å². The average Bonchev–Trinajstić information content (AvgIpc) is 3.21. The van der Waals surface area contributed by atoms with E-state index in [1.807, 2.05) is 34.2 Å². The first-order valence-corrected chi connectivity index (χ1v) is 18.2. The topological polar surface area (TPSA) is 107 Å². The van der Waals surface area contributed by atoms with Crippen molar-refractivity contribution in [3.63, 3.8) is 0 Å². The van der Waals surface area contributed by atoms with Gasteiger partial charge in [-0.15, -0.1) is 0 Å². The summed E-state index contributed by atoms with van der Waals surface area (Å²) < 4.78 is 37.5. The number of carbonyl (C=O) groups is 1. The molecule has 0 bridgehead atoms. The SMILES string of the molecule is CNS(=O)(=O)/N=C(/Oc1ccccc1)N1CCC(CC(=O)N2CCN(C3c4ccc(C)cc4CCc4cc(Br)cnc43)CC2)CC1. The normalized spacial score (nSPS) is 19.7. The number of aryl methyl sites for hydroxylation is 3. The molecule has 1 amide bonds. The molecule has 1 unspecified atom stereocenters. The Kier molecular flexibility index (Phi) is 10.1. The molecule has 3 aliphatic rings. The van der Waals surface area contributed by atoms with E-state index >= 15 is 0 Å². The third kappa shape index (κ3) is 7.62. The first-order chi connectivity index (χ1) is 22.2. The molecule has 0 saturated carbocycles. The van der Waals surface area contributed by atoms with Crippen molar-refractivity contribution in [3.8, 4) is 5.75 Å². The maximum Gasteiger partial charge on any atom is 0.324 e. The van der Waals surface area contributed by atoms with E-state index in [2.05, 4.69) is 61.1 Å². The molecule has 10 nitrogen and oxygen atoms in total. The van der Waals surface area contributed by atoms with Crippen molar-refractivity contribution in [2.75, 3.05) is 46.3 Å². The van der Waals surface area contributed by atoms with Crippen LogP contribution in [0.3, 0.4) is 0 Å². The van der Waals surface area contributed by atoms with Gasteiger partial charge in [-0.2, -0.15) is 13.1 Å². The van der Waals surface area contributed by atoms with E-state index in [4.69, 9.17) is 9.72 Å². The molecule has 1 aliphatic carbocycles. The number of pyridine rings is 1. The molecular formula is C34H41BrN6O4S. The maximum atomic E-state index is 13.5. The number of amidine groups is 1. The number of ether oxygens (including phenoxy) is 1. The van der Waals surface area contributed by atoms with Gasteiger partial charge in [-0.05, 0) is 89.3 Å². The van der Waals surface area contributed by atoms with E-state index in [-0.39, 0.29) is 23.9 Å². The second-order valence-electron chi connectivity index (χ2n) is 12.3.